The van der Waals surface area contributed by atoms with Gasteiger partial charge < -0.3 is 4.90 Å². The number of halogens is 3. The minimum atomic E-state index is -2.05. The van der Waals surface area contributed by atoms with Crippen molar-refractivity contribution in [3.63, 3.8) is 0 Å². The van der Waals surface area contributed by atoms with Crippen LogP contribution in [0.3, 0.4) is 0 Å². The molecule has 3 nitrogen and oxygen atoms in total. The maximum atomic E-state index is 11.6. The molecular weight excluding hydrogens is 248 g/mol. The molecule has 0 heterocycles. The summed E-state index contributed by atoms with van der Waals surface area (Å²) >= 11 is 16.5. The monoisotopic (exact) mass is 259 g/mol. The van der Waals surface area contributed by atoms with Crippen LogP contribution in [0.25, 0.3) is 0 Å². The van der Waals surface area contributed by atoms with E-state index in [2.05, 4.69) is 0 Å². The molecule has 0 fully saturated rings. The molecule has 82 valence electrons. The minimum absolute atomic E-state index is 0.375. The third-order valence-corrected chi connectivity index (χ3v) is 2.78. The van der Waals surface area contributed by atoms with E-state index in [1.165, 1.54) is 4.90 Å². The van der Waals surface area contributed by atoms with Gasteiger partial charge in [-0.25, -0.2) is 0 Å². The van der Waals surface area contributed by atoms with E-state index in [4.69, 9.17) is 34.8 Å². The Kier molecular flexibility index (Phi) is 5.79. The van der Waals surface area contributed by atoms with Gasteiger partial charge in [0.1, 0.15) is 0 Å². The van der Waals surface area contributed by atoms with Crippen LogP contribution in [0.15, 0.2) is 0 Å². The van der Waals surface area contributed by atoms with E-state index >= 15 is 0 Å². The van der Waals surface area contributed by atoms with Gasteiger partial charge in [-0.1, -0.05) is 23.2 Å². The van der Waals surface area contributed by atoms with Crippen LogP contribution in [0.5, 0.6) is 0 Å². The Morgan fingerprint density at radius 1 is 1.21 bits per heavy atom. The topological polar surface area (TPSA) is 37.4 Å². The highest BCUT2D eigenvalue weighted by atomic mass is 35.5. The van der Waals surface area contributed by atoms with Crippen molar-refractivity contribution in [2.24, 2.45) is 0 Å². The van der Waals surface area contributed by atoms with E-state index in [1.807, 2.05) is 0 Å². The quantitative estimate of drug-likeness (QED) is 0.559. The van der Waals surface area contributed by atoms with E-state index in [0.717, 1.165) is 0 Å². The second-order valence-corrected chi connectivity index (χ2v) is 4.20. The lowest BCUT2D eigenvalue weighted by Gasteiger charge is -2.25. The Balaban J connectivity index is 4.72. The summed E-state index contributed by atoms with van der Waals surface area (Å²) in [4.78, 5) is 24.2. The molecule has 0 spiro atoms. The standard InChI is InChI=1S/C8H12Cl3NO2/c1-3-12(4-2)7(14)8(10,11)6(13)5-9/h3-5H2,1-2H3. The summed E-state index contributed by atoms with van der Waals surface area (Å²) in [6.07, 6.45) is 0. The Labute approximate surface area is 98.3 Å². The number of rotatable bonds is 5. The molecular formula is C8H12Cl3NO2. The Morgan fingerprint density at radius 2 is 1.64 bits per heavy atom. The fourth-order valence-electron chi connectivity index (χ4n) is 0.913. The van der Waals surface area contributed by atoms with Crippen molar-refractivity contribution in [1.29, 1.82) is 0 Å². The average molecular weight is 261 g/mol. The van der Waals surface area contributed by atoms with Gasteiger partial charge in [-0.15, -0.1) is 11.6 Å². The van der Waals surface area contributed by atoms with Gasteiger partial charge in [0.05, 0.1) is 5.88 Å². The van der Waals surface area contributed by atoms with Crippen LogP contribution in [-0.2, 0) is 9.59 Å². The van der Waals surface area contributed by atoms with Crippen molar-refractivity contribution in [3.8, 4) is 0 Å². The third kappa shape index (κ3) is 3.01. The number of hydrogen-bond acceptors (Lipinski definition) is 2. The minimum Gasteiger partial charge on any atom is -0.340 e. The van der Waals surface area contributed by atoms with Crippen LogP contribution >= 0.6 is 34.8 Å². The van der Waals surface area contributed by atoms with Gasteiger partial charge in [-0.05, 0) is 13.8 Å². The predicted octanol–water partition coefficient (Wildman–Crippen LogP) is 1.84. The highest BCUT2D eigenvalue weighted by Crippen LogP contribution is 2.25. The van der Waals surface area contributed by atoms with E-state index < -0.39 is 16.0 Å². The number of ketones is 1. The van der Waals surface area contributed by atoms with Gasteiger partial charge in [-0.3, -0.25) is 9.59 Å². The highest BCUT2D eigenvalue weighted by molar-refractivity contribution is 6.69. The summed E-state index contributed by atoms with van der Waals surface area (Å²) < 4.78 is -2.05. The Hall–Kier alpha value is 0.01000. The molecule has 6 heteroatoms. The second kappa shape index (κ2) is 5.79. The molecule has 0 rings (SSSR count). The van der Waals surface area contributed by atoms with E-state index in [1.54, 1.807) is 13.8 Å². The third-order valence-electron chi connectivity index (χ3n) is 1.79. The SMILES string of the molecule is CCN(CC)C(=O)C(Cl)(Cl)C(=O)CCl. The summed E-state index contributed by atoms with van der Waals surface area (Å²) in [6, 6.07) is 0. The molecule has 0 bridgehead atoms. The lowest BCUT2D eigenvalue weighted by Crippen LogP contribution is -2.47. The van der Waals surface area contributed by atoms with Crippen LogP contribution < -0.4 is 0 Å². The fourth-order valence-corrected chi connectivity index (χ4v) is 1.62. The van der Waals surface area contributed by atoms with Gasteiger partial charge in [0.2, 0.25) is 0 Å². The molecule has 0 aliphatic rings. The number of hydrogen-bond donors (Lipinski definition) is 0. The normalized spacial score (nSPS) is 11.2. The number of amides is 1. The Bertz CT molecular complexity index is 227. The molecule has 0 unspecified atom stereocenters. The summed E-state index contributed by atoms with van der Waals surface area (Å²) in [5.74, 6) is -1.68. The largest absolute Gasteiger partial charge is 0.340 e. The van der Waals surface area contributed by atoms with Gasteiger partial charge in [-0.2, -0.15) is 0 Å². The van der Waals surface area contributed by atoms with Gasteiger partial charge in [0, 0.05) is 13.1 Å². The zero-order valence-electron chi connectivity index (χ0n) is 8.02. The van der Waals surface area contributed by atoms with Crippen LogP contribution in [0.1, 0.15) is 13.8 Å². The van der Waals surface area contributed by atoms with Crippen LogP contribution in [-0.4, -0.2) is 39.9 Å². The number of alkyl halides is 3. The summed E-state index contributed by atoms with van der Waals surface area (Å²) in [6.45, 7) is 4.45. The van der Waals surface area contributed by atoms with Crippen molar-refractivity contribution < 1.29 is 9.59 Å². The predicted molar refractivity (Wildman–Crippen MR) is 58.1 cm³/mol. The maximum Gasteiger partial charge on any atom is 0.266 e. The molecule has 1 amide bonds. The molecule has 14 heavy (non-hydrogen) atoms. The lowest BCUT2D eigenvalue weighted by atomic mass is 10.2. The van der Waals surface area contributed by atoms with Gasteiger partial charge in [0.15, 0.2) is 5.78 Å². The van der Waals surface area contributed by atoms with Gasteiger partial charge in [0.25, 0.3) is 10.2 Å². The van der Waals surface area contributed by atoms with E-state index in [0.29, 0.717) is 13.1 Å². The maximum absolute atomic E-state index is 11.6. The summed E-state index contributed by atoms with van der Waals surface area (Å²) in [5.41, 5.74) is 0. The highest BCUT2D eigenvalue weighted by Gasteiger charge is 2.43. The molecule has 0 aromatic heterocycles. The number of nitrogens with zero attached hydrogens (tertiary/aromatic N) is 1. The number of Topliss-reactive ketones (excluding diaryl/α,β-unsaturated/α-hetero) is 1. The first-order chi connectivity index (χ1) is 6.41. The first-order valence-corrected chi connectivity index (χ1v) is 5.47. The summed E-state index contributed by atoms with van der Waals surface area (Å²) in [5, 5.41) is 0. The zero-order valence-corrected chi connectivity index (χ0v) is 10.3. The first kappa shape index (κ1) is 14.0. The molecule has 0 radical (unpaired) electrons. The van der Waals surface area contributed by atoms with Crippen molar-refractivity contribution in [2.75, 3.05) is 19.0 Å². The molecule has 0 N–H and O–H groups in total. The molecule has 0 aliphatic carbocycles. The van der Waals surface area contributed by atoms with Crippen LogP contribution in [0.4, 0.5) is 0 Å². The van der Waals surface area contributed by atoms with Crippen molar-refractivity contribution >= 4 is 46.5 Å². The second-order valence-electron chi connectivity index (χ2n) is 2.61. The van der Waals surface area contributed by atoms with Crippen molar-refractivity contribution in [2.45, 2.75) is 18.2 Å². The van der Waals surface area contributed by atoms with Crippen molar-refractivity contribution in [1.82, 2.24) is 4.90 Å². The summed E-state index contributed by atoms with van der Waals surface area (Å²) in [7, 11) is 0. The Morgan fingerprint density at radius 3 is 1.93 bits per heavy atom. The number of carbonyl (C=O) groups excluding carboxylic acids is 2. The molecule has 0 aromatic carbocycles. The molecule has 0 aliphatic heterocycles. The number of carbonyl (C=O) groups is 2. The molecule has 0 saturated heterocycles. The van der Waals surface area contributed by atoms with Gasteiger partial charge >= 0.3 is 0 Å². The smallest absolute Gasteiger partial charge is 0.266 e. The molecule has 0 saturated carbocycles. The zero-order chi connectivity index (χ0) is 11.4. The van der Waals surface area contributed by atoms with E-state index in [-0.39, 0.29) is 5.88 Å². The van der Waals surface area contributed by atoms with Crippen LogP contribution in [0.2, 0.25) is 0 Å². The fraction of sp³-hybridized carbons (Fsp3) is 0.750. The lowest BCUT2D eigenvalue weighted by molar-refractivity contribution is -0.135. The van der Waals surface area contributed by atoms with Crippen LogP contribution in [0, 0.1) is 0 Å². The van der Waals surface area contributed by atoms with E-state index in [9.17, 15) is 9.59 Å². The van der Waals surface area contributed by atoms with Crippen molar-refractivity contribution in [3.05, 3.63) is 0 Å². The first-order valence-electron chi connectivity index (χ1n) is 4.18. The average Bonchev–Trinajstić information content (AvgIpc) is 2.18. The molecule has 0 atom stereocenters. The molecule has 0 aromatic rings.